The second-order valence-electron chi connectivity index (χ2n) is 7.48. The number of nitrogens with one attached hydrogen (secondary N) is 1. The fourth-order valence-corrected chi connectivity index (χ4v) is 3.47. The number of hydrogen-bond donors (Lipinski definition) is 2. The Morgan fingerprint density at radius 2 is 1.50 bits per heavy atom. The molecule has 0 fully saturated rings. The second kappa shape index (κ2) is 12.2. The number of ketones is 1. The average molecular weight is 492 g/mol. The number of anilines is 1. The highest BCUT2D eigenvalue weighted by Crippen LogP contribution is 2.39. The molecule has 0 heterocycles. The minimum Gasteiger partial charge on any atom is -0.504 e. The topological polar surface area (TPSA) is 95.5 Å². The van der Waals surface area contributed by atoms with Crippen molar-refractivity contribution in [2.75, 3.05) is 40.9 Å². The third-order valence-electron chi connectivity index (χ3n) is 5.32. The zero-order valence-corrected chi connectivity index (χ0v) is 20.8. The lowest BCUT2D eigenvalue weighted by Crippen LogP contribution is -1.98. The number of allylic oxidation sites excluding steroid dienone is 1. The lowest BCUT2D eigenvalue weighted by atomic mass is 10.1. The van der Waals surface area contributed by atoms with Crippen LogP contribution in [0.4, 0.5) is 5.69 Å². The van der Waals surface area contributed by atoms with Crippen molar-refractivity contribution in [3.05, 3.63) is 77.5 Å². The van der Waals surface area contributed by atoms with Crippen LogP contribution in [-0.4, -0.2) is 46.4 Å². The number of rotatable bonds is 11. The third kappa shape index (κ3) is 6.09. The van der Waals surface area contributed by atoms with Crippen LogP contribution in [0, 0.1) is 0 Å². The molecule has 0 amide bonds. The number of phenolic OH excluding ortho intramolecular Hbond substituents is 1. The van der Waals surface area contributed by atoms with Crippen LogP contribution in [0.1, 0.15) is 21.5 Å². The lowest BCUT2D eigenvalue weighted by Gasteiger charge is -2.13. The maximum Gasteiger partial charge on any atom is 0.203 e. The zero-order chi connectivity index (χ0) is 26.1. The highest BCUT2D eigenvalue weighted by molar-refractivity contribution is 6.04. The number of ether oxygens (including phenoxy) is 5. The Balaban J connectivity index is 1.90. The molecule has 0 bridgehead atoms. The Labute approximate surface area is 210 Å². The summed E-state index contributed by atoms with van der Waals surface area (Å²) >= 11 is 0. The first-order valence-electron chi connectivity index (χ1n) is 10.9. The van der Waals surface area contributed by atoms with Crippen molar-refractivity contribution in [3.8, 4) is 34.5 Å². The minimum atomic E-state index is -0.193. The van der Waals surface area contributed by atoms with Crippen molar-refractivity contribution in [3.63, 3.8) is 0 Å². The lowest BCUT2D eigenvalue weighted by molar-refractivity contribution is 0.104. The molecule has 3 rings (SSSR count). The quantitative estimate of drug-likeness (QED) is 0.159. The molecule has 0 aliphatic carbocycles. The zero-order valence-electron chi connectivity index (χ0n) is 20.8. The fourth-order valence-electron chi connectivity index (χ4n) is 3.47. The molecule has 36 heavy (non-hydrogen) atoms. The molecule has 188 valence electrons. The van der Waals surface area contributed by atoms with E-state index in [1.54, 1.807) is 83.0 Å². The van der Waals surface area contributed by atoms with Gasteiger partial charge in [-0.3, -0.25) is 4.79 Å². The van der Waals surface area contributed by atoms with E-state index in [0.29, 0.717) is 39.8 Å². The first-order valence-corrected chi connectivity index (χ1v) is 10.9. The van der Waals surface area contributed by atoms with E-state index in [0.717, 1.165) is 5.56 Å². The van der Waals surface area contributed by atoms with E-state index < -0.39 is 0 Å². The van der Waals surface area contributed by atoms with E-state index in [1.807, 2.05) is 6.08 Å². The molecule has 0 saturated carbocycles. The van der Waals surface area contributed by atoms with Gasteiger partial charge in [-0.25, -0.2) is 0 Å². The number of benzene rings is 3. The van der Waals surface area contributed by atoms with E-state index in [4.69, 9.17) is 23.7 Å². The molecule has 3 aromatic rings. The van der Waals surface area contributed by atoms with Gasteiger partial charge in [-0.05, 0) is 35.9 Å². The summed E-state index contributed by atoms with van der Waals surface area (Å²) in [7, 11) is 7.65. The van der Waals surface area contributed by atoms with E-state index in [1.165, 1.54) is 19.4 Å². The number of carbonyl (C=O) groups excluding carboxylic acids is 1. The Hall–Kier alpha value is -4.59. The molecular formula is C28H29NO7. The molecule has 0 radical (unpaired) electrons. The highest BCUT2D eigenvalue weighted by atomic mass is 16.5. The summed E-state index contributed by atoms with van der Waals surface area (Å²) in [6.45, 7) is 0. The van der Waals surface area contributed by atoms with Gasteiger partial charge in [-0.2, -0.15) is 0 Å². The molecular weight excluding hydrogens is 462 g/mol. The first kappa shape index (κ1) is 26.0. The number of phenols is 1. The van der Waals surface area contributed by atoms with Gasteiger partial charge < -0.3 is 34.1 Å². The molecule has 0 saturated heterocycles. The van der Waals surface area contributed by atoms with Crippen LogP contribution in [0.2, 0.25) is 0 Å². The van der Waals surface area contributed by atoms with Gasteiger partial charge in [0.1, 0.15) is 5.75 Å². The van der Waals surface area contributed by atoms with Crippen molar-refractivity contribution >= 4 is 23.6 Å². The molecule has 0 aliphatic heterocycles. The maximum atomic E-state index is 12.6. The van der Waals surface area contributed by atoms with Gasteiger partial charge in [-0.1, -0.05) is 24.3 Å². The van der Waals surface area contributed by atoms with Gasteiger partial charge in [0.05, 0.1) is 35.5 Å². The minimum absolute atomic E-state index is 0.0240. The third-order valence-corrected chi connectivity index (χ3v) is 5.32. The van der Waals surface area contributed by atoms with Crippen molar-refractivity contribution < 1.29 is 33.6 Å². The summed E-state index contributed by atoms with van der Waals surface area (Å²) in [6, 6.07) is 13.7. The number of methoxy groups -OCH3 is 5. The summed E-state index contributed by atoms with van der Waals surface area (Å²) in [5, 5.41) is 13.4. The summed E-state index contributed by atoms with van der Waals surface area (Å²) in [5.41, 5.74) is 2.55. The van der Waals surface area contributed by atoms with Gasteiger partial charge in [-0.15, -0.1) is 0 Å². The van der Waals surface area contributed by atoms with Crippen molar-refractivity contribution in [1.82, 2.24) is 0 Å². The summed E-state index contributed by atoms with van der Waals surface area (Å²) in [5.74, 6) is 2.20. The number of hydrogen-bond acceptors (Lipinski definition) is 8. The first-order chi connectivity index (χ1) is 17.4. The van der Waals surface area contributed by atoms with Crippen LogP contribution >= 0.6 is 0 Å². The van der Waals surface area contributed by atoms with E-state index >= 15 is 0 Å². The molecule has 0 aliphatic rings. The predicted octanol–water partition coefficient (Wildman–Crippen LogP) is 5.41. The van der Waals surface area contributed by atoms with Gasteiger partial charge in [0.25, 0.3) is 0 Å². The van der Waals surface area contributed by atoms with E-state index in [9.17, 15) is 9.90 Å². The van der Waals surface area contributed by atoms with Crippen LogP contribution in [0.15, 0.2) is 60.8 Å². The Morgan fingerprint density at radius 1 is 0.806 bits per heavy atom. The largest absolute Gasteiger partial charge is 0.504 e. The van der Waals surface area contributed by atoms with Crippen molar-refractivity contribution in [2.45, 2.75) is 0 Å². The Morgan fingerprint density at radius 3 is 2.11 bits per heavy atom. The Kier molecular flexibility index (Phi) is 8.83. The van der Waals surface area contributed by atoms with Gasteiger partial charge >= 0.3 is 0 Å². The molecule has 8 nitrogen and oxygen atoms in total. The predicted molar refractivity (Wildman–Crippen MR) is 140 cm³/mol. The van der Waals surface area contributed by atoms with Crippen LogP contribution in [0.25, 0.3) is 12.2 Å². The average Bonchev–Trinajstić information content (AvgIpc) is 2.91. The molecule has 3 aromatic carbocycles. The van der Waals surface area contributed by atoms with E-state index in [2.05, 4.69) is 5.32 Å². The fraction of sp³-hybridized carbons (Fsp3) is 0.179. The maximum absolute atomic E-state index is 12.6. The Bertz CT molecular complexity index is 1260. The molecule has 0 atom stereocenters. The molecule has 2 N–H and O–H groups in total. The molecule has 8 heteroatoms. The van der Waals surface area contributed by atoms with Crippen LogP contribution in [0.3, 0.4) is 0 Å². The highest BCUT2D eigenvalue weighted by Gasteiger charge is 2.13. The van der Waals surface area contributed by atoms with Crippen molar-refractivity contribution in [2.24, 2.45) is 0 Å². The number of aromatic hydroxyl groups is 1. The van der Waals surface area contributed by atoms with E-state index in [-0.39, 0.29) is 17.3 Å². The summed E-state index contributed by atoms with van der Waals surface area (Å²) < 4.78 is 26.6. The second-order valence-corrected chi connectivity index (χ2v) is 7.48. The summed E-state index contributed by atoms with van der Waals surface area (Å²) in [6.07, 6.45) is 6.59. The SMILES string of the molecule is COc1cccc(C(=O)C=CNc2cc(OC)c(O)cc2C=Cc2cc(OC)c(OC)c(OC)c2)c1. The standard InChI is InChI=1S/C28H29NO7/c1-32-21-8-6-7-20(15-21)23(30)11-12-29-22-17-25(33-2)24(31)16-19(22)10-9-18-13-26(34-3)28(36-5)27(14-18)35-4/h6-17,29,31H,1-5H3. The van der Waals surface area contributed by atoms with Gasteiger partial charge in [0, 0.05) is 35.2 Å². The summed E-state index contributed by atoms with van der Waals surface area (Å²) in [4.78, 5) is 12.6. The monoisotopic (exact) mass is 491 g/mol. The normalized spacial score (nSPS) is 10.9. The smallest absolute Gasteiger partial charge is 0.203 e. The molecule has 0 spiro atoms. The van der Waals surface area contributed by atoms with Gasteiger partial charge in [0.15, 0.2) is 28.8 Å². The van der Waals surface area contributed by atoms with Crippen molar-refractivity contribution in [1.29, 1.82) is 0 Å². The molecule has 0 aromatic heterocycles. The van der Waals surface area contributed by atoms with Gasteiger partial charge in [0.2, 0.25) is 5.75 Å². The van der Waals surface area contributed by atoms with Crippen LogP contribution in [-0.2, 0) is 0 Å². The van der Waals surface area contributed by atoms with Crippen LogP contribution < -0.4 is 29.0 Å². The molecule has 0 unspecified atom stereocenters. The number of carbonyl (C=O) groups is 1. The van der Waals surface area contributed by atoms with Crippen LogP contribution in [0.5, 0.6) is 34.5 Å².